The van der Waals surface area contributed by atoms with Gasteiger partial charge in [-0.2, -0.15) is 0 Å². The number of para-hydroxylation sites is 1. The van der Waals surface area contributed by atoms with Crippen molar-refractivity contribution >= 4 is 39.1 Å². The largest absolute Gasteiger partial charge is 0.454 e. The van der Waals surface area contributed by atoms with E-state index in [1.165, 1.54) is 22.5 Å². The average molecular weight is 484 g/mol. The van der Waals surface area contributed by atoms with Crippen LogP contribution >= 0.6 is 11.6 Å². The number of hydrogen-bond donors (Lipinski definition) is 0. The number of nitrogens with zero attached hydrogens (tertiary/aromatic N) is 1. The summed E-state index contributed by atoms with van der Waals surface area (Å²) >= 11 is 6.21. The highest BCUT2D eigenvalue weighted by Crippen LogP contribution is 2.35. The summed E-state index contributed by atoms with van der Waals surface area (Å²) in [5.41, 5.74) is 3.06. The van der Waals surface area contributed by atoms with E-state index in [9.17, 15) is 18.0 Å². The standard InChI is InChI=1S/C25H22ClNO5S/c1-2-17-7-9-19(10-8-17)23(28)16-32-25(29)20-11-12-21(26)24(15-20)33(30,31)27-14-13-18-5-3-4-6-22(18)27/h3-12,15H,2,13-14,16H2,1H3. The number of carbonyl (C=O) groups excluding carboxylic acids is 2. The molecule has 1 aliphatic heterocycles. The fourth-order valence-electron chi connectivity index (χ4n) is 3.73. The van der Waals surface area contributed by atoms with Crippen LogP contribution in [0, 0.1) is 0 Å². The lowest BCUT2D eigenvalue weighted by Crippen LogP contribution is -2.29. The summed E-state index contributed by atoms with van der Waals surface area (Å²) in [6.07, 6.45) is 1.45. The molecular weight excluding hydrogens is 462 g/mol. The van der Waals surface area contributed by atoms with E-state index in [-0.39, 0.29) is 27.8 Å². The molecule has 170 valence electrons. The van der Waals surface area contributed by atoms with E-state index in [2.05, 4.69) is 0 Å². The van der Waals surface area contributed by atoms with Crippen LogP contribution < -0.4 is 4.31 Å². The maximum atomic E-state index is 13.3. The molecule has 1 heterocycles. The van der Waals surface area contributed by atoms with Crippen LogP contribution in [-0.4, -0.2) is 33.3 Å². The first-order chi connectivity index (χ1) is 15.8. The molecule has 3 aromatic carbocycles. The molecule has 0 aromatic heterocycles. The second-order valence-corrected chi connectivity index (χ2v) is 9.89. The lowest BCUT2D eigenvalue weighted by Gasteiger charge is -2.20. The van der Waals surface area contributed by atoms with Crippen molar-refractivity contribution < 1.29 is 22.7 Å². The van der Waals surface area contributed by atoms with E-state index in [4.69, 9.17) is 16.3 Å². The first-order valence-corrected chi connectivity index (χ1v) is 12.3. The molecular formula is C25H22ClNO5S. The van der Waals surface area contributed by atoms with Gasteiger partial charge in [-0.05, 0) is 48.2 Å². The van der Waals surface area contributed by atoms with Crippen molar-refractivity contribution in [3.05, 3.63) is 94.0 Å². The molecule has 0 unspecified atom stereocenters. The normalized spacial score (nSPS) is 13.0. The number of anilines is 1. The Hall–Kier alpha value is -3.16. The van der Waals surface area contributed by atoms with Crippen LogP contribution in [0.4, 0.5) is 5.69 Å². The van der Waals surface area contributed by atoms with Gasteiger partial charge in [0.15, 0.2) is 12.4 Å². The van der Waals surface area contributed by atoms with E-state index in [1.807, 2.05) is 31.2 Å². The highest BCUT2D eigenvalue weighted by Gasteiger charge is 2.32. The van der Waals surface area contributed by atoms with Crippen LogP contribution in [0.15, 0.2) is 71.6 Å². The third kappa shape index (κ3) is 4.65. The Kier molecular flexibility index (Phi) is 6.54. The molecule has 0 aliphatic carbocycles. The number of ether oxygens (including phenoxy) is 1. The maximum absolute atomic E-state index is 13.3. The summed E-state index contributed by atoms with van der Waals surface area (Å²) in [5.74, 6) is -1.15. The third-order valence-electron chi connectivity index (χ3n) is 5.60. The summed E-state index contributed by atoms with van der Waals surface area (Å²) in [5, 5.41) is 0.00280. The van der Waals surface area contributed by atoms with Crippen molar-refractivity contribution in [3.63, 3.8) is 0 Å². The quantitative estimate of drug-likeness (QED) is 0.359. The van der Waals surface area contributed by atoms with Crippen molar-refractivity contribution in [1.29, 1.82) is 0 Å². The van der Waals surface area contributed by atoms with Gasteiger partial charge in [0, 0.05) is 12.1 Å². The predicted octanol–water partition coefficient (Wildman–Crippen LogP) is 4.69. The van der Waals surface area contributed by atoms with Gasteiger partial charge in [0.05, 0.1) is 16.3 Å². The highest BCUT2D eigenvalue weighted by molar-refractivity contribution is 7.93. The second-order valence-electron chi connectivity index (χ2n) is 7.65. The van der Waals surface area contributed by atoms with Gasteiger partial charge in [0.1, 0.15) is 4.90 Å². The summed E-state index contributed by atoms with van der Waals surface area (Å²) < 4.78 is 33.1. The molecule has 1 aliphatic rings. The number of Topliss-reactive ketones (excluding diaryl/α,β-unsaturated/α-hetero) is 1. The minimum absolute atomic E-state index is 0.000381. The van der Waals surface area contributed by atoms with Crippen molar-refractivity contribution in [2.45, 2.75) is 24.7 Å². The topological polar surface area (TPSA) is 80.8 Å². The average Bonchev–Trinajstić information content (AvgIpc) is 3.27. The predicted molar refractivity (Wildman–Crippen MR) is 127 cm³/mol. The van der Waals surface area contributed by atoms with Gasteiger partial charge in [-0.25, -0.2) is 13.2 Å². The smallest absolute Gasteiger partial charge is 0.338 e. The zero-order valence-corrected chi connectivity index (χ0v) is 19.5. The SMILES string of the molecule is CCc1ccc(C(=O)COC(=O)c2ccc(Cl)c(S(=O)(=O)N3CCc4ccccc43)c2)cc1. The number of sulfonamides is 1. The summed E-state index contributed by atoms with van der Waals surface area (Å²) in [6.45, 7) is 1.86. The van der Waals surface area contributed by atoms with Gasteiger partial charge in [0.2, 0.25) is 0 Å². The van der Waals surface area contributed by atoms with Gasteiger partial charge in [-0.3, -0.25) is 9.10 Å². The van der Waals surface area contributed by atoms with E-state index >= 15 is 0 Å². The van der Waals surface area contributed by atoms with Gasteiger partial charge in [-0.15, -0.1) is 0 Å². The van der Waals surface area contributed by atoms with Crippen molar-refractivity contribution in [2.24, 2.45) is 0 Å². The Labute approximate surface area is 197 Å². The Balaban J connectivity index is 1.52. The molecule has 0 saturated carbocycles. The number of rotatable bonds is 7. The number of halogens is 1. The van der Waals surface area contributed by atoms with Gasteiger partial charge in [0.25, 0.3) is 10.0 Å². The summed E-state index contributed by atoms with van der Waals surface area (Å²) in [7, 11) is -3.99. The molecule has 0 atom stereocenters. The lowest BCUT2D eigenvalue weighted by molar-refractivity contribution is 0.0474. The lowest BCUT2D eigenvalue weighted by atomic mass is 10.1. The molecule has 3 aromatic rings. The molecule has 33 heavy (non-hydrogen) atoms. The minimum Gasteiger partial charge on any atom is -0.454 e. The molecule has 0 radical (unpaired) electrons. The summed E-state index contributed by atoms with van der Waals surface area (Å²) in [4.78, 5) is 24.7. The number of aryl methyl sites for hydroxylation is 1. The van der Waals surface area contributed by atoms with Gasteiger partial charge in [-0.1, -0.05) is 61.0 Å². The Bertz CT molecular complexity index is 1320. The van der Waals surface area contributed by atoms with Crippen LogP contribution in [0.2, 0.25) is 5.02 Å². The molecule has 0 amide bonds. The van der Waals surface area contributed by atoms with Gasteiger partial charge >= 0.3 is 5.97 Å². The van der Waals surface area contributed by atoms with Crippen molar-refractivity contribution in [1.82, 2.24) is 0 Å². The number of ketones is 1. The van der Waals surface area contributed by atoms with Crippen LogP contribution in [0.3, 0.4) is 0 Å². The minimum atomic E-state index is -3.99. The molecule has 0 saturated heterocycles. The maximum Gasteiger partial charge on any atom is 0.338 e. The summed E-state index contributed by atoms with van der Waals surface area (Å²) in [6, 6.07) is 18.3. The van der Waals surface area contributed by atoms with E-state index in [1.54, 1.807) is 24.3 Å². The molecule has 8 heteroatoms. The fraction of sp³-hybridized carbons (Fsp3) is 0.200. The van der Waals surface area contributed by atoms with Gasteiger partial charge < -0.3 is 4.74 Å². The van der Waals surface area contributed by atoms with Crippen LogP contribution in [0.1, 0.15) is 38.8 Å². The van der Waals surface area contributed by atoms with E-state index < -0.39 is 22.6 Å². The number of benzene rings is 3. The number of fused-ring (bicyclic) bond motifs is 1. The highest BCUT2D eigenvalue weighted by atomic mass is 35.5. The first kappa shape index (κ1) is 23.0. The zero-order chi connectivity index (χ0) is 23.6. The van der Waals surface area contributed by atoms with Crippen LogP contribution in [-0.2, 0) is 27.6 Å². The van der Waals surface area contributed by atoms with Crippen LogP contribution in [0.5, 0.6) is 0 Å². The number of esters is 1. The molecule has 0 bridgehead atoms. The second kappa shape index (κ2) is 9.37. The number of hydrogen-bond acceptors (Lipinski definition) is 5. The Morgan fingerprint density at radius 1 is 1.00 bits per heavy atom. The number of carbonyl (C=O) groups is 2. The molecule has 0 spiro atoms. The van der Waals surface area contributed by atoms with Crippen LogP contribution in [0.25, 0.3) is 0 Å². The van der Waals surface area contributed by atoms with Crippen molar-refractivity contribution in [3.8, 4) is 0 Å². The Morgan fingerprint density at radius 3 is 2.42 bits per heavy atom. The first-order valence-electron chi connectivity index (χ1n) is 10.5. The monoisotopic (exact) mass is 483 g/mol. The molecule has 0 N–H and O–H groups in total. The Morgan fingerprint density at radius 2 is 1.70 bits per heavy atom. The molecule has 0 fully saturated rings. The van der Waals surface area contributed by atoms with E-state index in [0.717, 1.165) is 17.5 Å². The fourth-order valence-corrected chi connectivity index (χ4v) is 5.74. The molecule has 6 nitrogen and oxygen atoms in total. The third-order valence-corrected chi connectivity index (χ3v) is 7.89. The van der Waals surface area contributed by atoms with E-state index in [0.29, 0.717) is 17.7 Å². The van der Waals surface area contributed by atoms with Crippen molar-refractivity contribution in [2.75, 3.05) is 17.5 Å². The zero-order valence-electron chi connectivity index (χ0n) is 18.0. The molecule has 4 rings (SSSR count).